The molecule has 3 heteroatoms. The summed E-state index contributed by atoms with van der Waals surface area (Å²) >= 11 is 1.65. The fourth-order valence-corrected chi connectivity index (χ4v) is 2.74. The van der Waals surface area contributed by atoms with Crippen molar-refractivity contribution in [3.63, 3.8) is 0 Å². The molecule has 0 bridgehead atoms. The highest BCUT2D eigenvalue weighted by Gasteiger charge is 2.09. The third kappa shape index (κ3) is 4.14. The summed E-state index contributed by atoms with van der Waals surface area (Å²) < 4.78 is 0. The molecule has 0 fully saturated rings. The lowest BCUT2D eigenvalue weighted by molar-refractivity contribution is -0.113. The first kappa shape index (κ1) is 14.7. The lowest BCUT2D eigenvalue weighted by Gasteiger charge is -2.12. The van der Waals surface area contributed by atoms with Crippen molar-refractivity contribution in [2.24, 2.45) is 0 Å². The maximum absolute atomic E-state index is 12.0. The van der Waals surface area contributed by atoms with Gasteiger partial charge in [-0.05, 0) is 31.0 Å². The van der Waals surface area contributed by atoms with Crippen molar-refractivity contribution in [3.8, 4) is 0 Å². The molecule has 20 heavy (non-hydrogen) atoms. The van der Waals surface area contributed by atoms with E-state index >= 15 is 0 Å². The molecule has 2 aromatic rings. The van der Waals surface area contributed by atoms with Crippen molar-refractivity contribution in [1.82, 2.24) is 0 Å². The molecular weight excluding hydrogens is 266 g/mol. The van der Waals surface area contributed by atoms with Crippen LogP contribution in [0.25, 0.3) is 0 Å². The summed E-state index contributed by atoms with van der Waals surface area (Å²) in [5.74, 6) is 0.511. The van der Waals surface area contributed by atoms with Crippen LogP contribution in [0.1, 0.15) is 23.3 Å². The van der Waals surface area contributed by atoms with Gasteiger partial charge in [-0.2, -0.15) is 0 Å². The van der Waals surface area contributed by atoms with E-state index in [4.69, 9.17) is 0 Å². The third-order valence-electron chi connectivity index (χ3n) is 3.15. The number of hydrogen-bond donors (Lipinski definition) is 1. The number of hydrogen-bond acceptors (Lipinski definition) is 2. The topological polar surface area (TPSA) is 29.1 Å². The van der Waals surface area contributed by atoms with E-state index in [1.807, 2.05) is 49.4 Å². The van der Waals surface area contributed by atoms with E-state index in [9.17, 15) is 4.79 Å². The maximum atomic E-state index is 12.0. The summed E-state index contributed by atoms with van der Waals surface area (Å²) in [6.45, 7) is 4.12. The Morgan fingerprint density at radius 2 is 1.75 bits per heavy atom. The van der Waals surface area contributed by atoms with Gasteiger partial charge in [0.15, 0.2) is 0 Å². The van der Waals surface area contributed by atoms with Crippen molar-refractivity contribution in [3.05, 3.63) is 65.7 Å². The van der Waals surface area contributed by atoms with Gasteiger partial charge < -0.3 is 5.32 Å². The van der Waals surface area contributed by atoms with Gasteiger partial charge >= 0.3 is 0 Å². The van der Waals surface area contributed by atoms with Crippen LogP contribution in [-0.4, -0.2) is 11.7 Å². The first-order valence-electron chi connectivity index (χ1n) is 6.69. The molecule has 0 saturated carbocycles. The Bertz CT molecular complexity index is 568. The third-order valence-corrected chi connectivity index (χ3v) is 4.35. The number of para-hydroxylation sites is 1. The Labute approximate surface area is 124 Å². The minimum Gasteiger partial charge on any atom is -0.325 e. The number of aryl methyl sites for hydroxylation is 1. The van der Waals surface area contributed by atoms with E-state index in [-0.39, 0.29) is 5.91 Å². The molecule has 1 amide bonds. The van der Waals surface area contributed by atoms with Crippen LogP contribution in [0, 0.1) is 6.92 Å². The fourth-order valence-electron chi connectivity index (χ4n) is 1.92. The number of benzene rings is 2. The summed E-state index contributed by atoms with van der Waals surface area (Å²) in [7, 11) is 0. The first-order chi connectivity index (χ1) is 9.66. The lowest BCUT2D eigenvalue weighted by atomic mass is 10.2. The summed E-state index contributed by atoms with van der Waals surface area (Å²) in [5.41, 5.74) is 3.23. The summed E-state index contributed by atoms with van der Waals surface area (Å²) in [5, 5.41) is 3.28. The van der Waals surface area contributed by atoms with E-state index in [0.717, 1.165) is 11.3 Å². The van der Waals surface area contributed by atoms with Crippen molar-refractivity contribution in [2.45, 2.75) is 19.1 Å². The first-order valence-corrected chi connectivity index (χ1v) is 7.73. The molecule has 0 heterocycles. The molecule has 104 valence electrons. The summed E-state index contributed by atoms with van der Waals surface area (Å²) in [6, 6.07) is 18.1. The Morgan fingerprint density at radius 1 is 1.10 bits per heavy atom. The Balaban J connectivity index is 1.85. The zero-order chi connectivity index (χ0) is 14.4. The Morgan fingerprint density at radius 3 is 2.45 bits per heavy atom. The van der Waals surface area contributed by atoms with Crippen LogP contribution in [0.4, 0.5) is 5.69 Å². The van der Waals surface area contributed by atoms with Gasteiger partial charge in [0.25, 0.3) is 0 Å². The van der Waals surface area contributed by atoms with Gasteiger partial charge in [0, 0.05) is 10.9 Å². The van der Waals surface area contributed by atoms with Gasteiger partial charge in [-0.15, -0.1) is 11.8 Å². The molecule has 2 nitrogen and oxygen atoms in total. The minimum atomic E-state index is 0.0482. The molecule has 0 aromatic heterocycles. The SMILES string of the molecule is Cc1ccccc1NC(=O)CS[C@@H](C)c1ccccc1. The van der Waals surface area contributed by atoms with Gasteiger partial charge in [-0.3, -0.25) is 4.79 Å². The molecule has 0 unspecified atom stereocenters. The van der Waals surface area contributed by atoms with Crippen LogP contribution in [-0.2, 0) is 4.79 Å². The largest absolute Gasteiger partial charge is 0.325 e. The average Bonchev–Trinajstić information content (AvgIpc) is 2.48. The molecule has 1 atom stereocenters. The highest BCUT2D eigenvalue weighted by Crippen LogP contribution is 2.27. The summed E-state index contributed by atoms with van der Waals surface area (Å²) in [4.78, 5) is 12.0. The number of nitrogens with one attached hydrogen (secondary N) is 1. The van der Waals surface area contributed by atoms with Gasteiger partial charge in [0.2, 0.25) is 5.91 Å². The number of carbonyl (C=O) groups excluding carboxylic acids is 1. The Kier molecular flexibility index (Phi) is 5.24. The number of anilines is 1. The van der Waals surface area contributed by atoms with Gasteiger partial charge in [0.05, 0.1) is 5.75 Å². The molecular formula is C17H19NOS. The normalized spacial score (nSPS) is 11.9. The second kappa shape index (κ2) is 7.15. The van der Waals surface area contributed by atoms with Crippen LogP contribution in [0.2, 0.25) is 0 Å². The van der Waals surface area contributed by atoms with E-state index in [0.29, 0.717) is 11.0 Å². The molecule has 1 N–H and O–H groups in total. The van der Waals surface area contributed by atoms with Crippen LogP contribution in [0.3, 0.4) is 0 Å². The molecule has 0 radical (unpaired) electrons. The molecule has 0 aliphatic carbocycles. The summed E-state index contributed by atoms with van der Waals surface area (Å²) in [6.07, 6.45) is 0. The van der Waals surface area contributed by atoms with Crippen molar-refractivity contribution in [1.29, 1.82) is 0 Å². The highest BCUT2D eigenvalue weighted by molar-refractivity contribution is 8.00. The van der Waals surface area contributed by atoms with E-state index in [1.54, 1.807) is 11.8 Å². The van der Waals surface area contributed by atoms with Crippen LogP contribution < -0.4 is 5.32 Å². The maximum Gasteiger partial charge on any atom is 0.234 e. The number of thioether (sulfide) groups is 1. The van der Waals surface area contributed by atoms with E-state index in [1.165, 1.54) is 5.56 Å². The highest BCUT2D eigenvalue weighted by atomic mass is 32.2. The molecule has 0 saturated heterocycles. The quantitative estimate of drug-likeness (QED) is 0.880. The van der Waals surface area contributed by atoms with Crippen molar-refractivity contribution in [2.75, 3.05) is 11.1 Å². The Hall–Kier alpha value is -1.74. The smallest absolute Gasteiger partial charge is 0.234 e. The van der Waals surface area contributed by atoms with Crippen LogP contribution in [0.15, 0.2) is 54.6 Å². The fraction of sp³-hybridized carbons (Fsp3) is 0.235. The number of rotatable bonds is 5. The predicted octanol–water partition coefficient (Wildman–Crippen LogP) is 4.43. The van der Waals surface area contributed by atoms with E-state index < -0.39 is 0 Å². The minimum absolute atomic E-state index is 0.0482. The standard InChI is InChI=1S/C17H19NOS/c1-13-8-6-7-11-16(13)18-17(19)12-20-14(2)15-9-4-3-5-10-15/h3-11,14H,12H2,1-2H3,(H,18,19)/t14-/m0/s1. The average molecular weight is 285 g/mol. The van der Waals surface area contributed by atoms with Gasteiger partial charge in [-0.1, -0.05) is 48.5 Å². The molecule has 2 rings (SSSR count). The van der Waals surface area contributed by atoms with E-state index in [2.05, 4.69) is 24.4 Å². The molecule has 2 aromatic carbocycles. The van der Waals surface area contributed by atoms with Gasteiger partial charge in [-0.25, -0.2) is 0 Å². The lowest BCUT2D eigenvalue weighted by Crippen LogP contribution is -2.15. The van der Waals surface area contributed by atoms with Crippen molar-refractivity contribution >= 4 is 23.4 Å². The monoisotopic (exact) mass is 285 g/mol. The molecule has 0 aliphatic heterocycles. The van der Waals surface area contributed by atoms with Crippen LogP contribution >= 0.6 is 11.8 Å². The second-order valence-corrected chi connectivity index (χ2v) is 6.06. The zero-order valence-electron chi connectivity index (χ0n) is 11.8. The van der Waals surface area contributed by atoms with Gasteiger partial charge in [0.1, 0.15) is 0 Å². The molecule has 0 spiro atoms. The molecule has 0 aliphatic rings. The predicted molar refractivity (Wildman–Crippen MR) is 87.1 cm³/mol. The zero-order valence-corrected chi connectivity index (χ0v) is 12.6. The number of amides is 1. The van der Waals surface area contributed by atoms with Crippen LogP contribution in [0.5, 0.6) is 0 Å². The van der Waals surface area contributed by atoms with Crippen molar-refractivity contribution < 1.29 is 4.79 Å². The number of carbonyl (C=O) groups is 1. The second-order valence-electron chi connectivity index (χ2n) is 4.73.